The fraction of sp³-hybridized carbons (Fsp3) is 0.238. The van der Waals surface area contributed by atoms with Gasteiger partial charge in [0, 0.05) is 16.1 Å². The van der Waals surface area contributed by atoms with Crippen LogP contribution in [0.5, 0.6) is 0 Å². The molecule has 3 rings (SSSR count). The first-order chi connectivity index (χ1) is 12.3. The second-order valence-electron chi connectivity index (χ2n) is 6.00. The smallest absolute Gasteiger partial charge is 0.147 e. The molecule has 3 nitrogen and oxygen atoms in total. The van der Waals surface area contributed by atoms with Gasteiger partial charge in [-0.05, 0) is 48.2 Å². The lowest BCUT2D eigenvalue weighted by atomic mass is 10.0. The summed E-state index contributed by atoms with van der Waals surface area (Å²) in [6.07, 6.45) is 6.57. The third-order valence-electron chi connectivity index (χ3n) is 4.06. The monoisotopic (exact) mass is 395 g/mol. The summed E-state index contributed by atoms with van der Waals surface area (Å²) in [4.78, 5) is 4.69. The highest BCUT2D eigenvalue weighted by molar-refractivity contribution is 9.10. The molecule has 0 spiro atoms. The molecule has 0 saturated carbocycles. The molecule has 0 aliphatic carbocycles. The molecule has 2 aromatic carbocycles. The number of benzene rings is 2. The van der Waals surface area contributed by atoms with Gasteiger partial charge in [0.2, 0.25) is 0 Å². The van der Waals surface area contributed by atoms with E-state index in [0.717, 1.165) is 33.2 Å². The normalized spacial score (nSPS) is 11.3. The zero-order valence-electron chi connectivity index (χ0n) is 14.4. The Balaban J connectivity index is 1.91. The lowest BCUT2D eigenvalue weighted by molar-refractivity contribution is 0.746. The van der Waals surface area contributed by atoms with Crippen LogP contribution in [0.1, 0.15) is 32.6 Å². The van der Waals surface area contributed by atoms with Gasteiger partial charge in [0.1, 0.15) is 5.82 Å². The minimum absolute atomic E-state index is 0.764. The van der Waals surface area contributed by atoms with Crippen molar-refractivity contribution in [3.63, 3.8) is 0 Å². The van der Waals surface area contributed by atoms with Gasteiger partial charge in [0.25, 0.3) is 0 Å². The van der Waals surface area contributed by atoms with Gasteiger partial charge < -0.3 is 0 Å². The molecular formula is C21H22BrN3. The fourth-order valence-corrected chi connectivity index (χ4v) is 3.13. The summed E-state index contributed by atoms with van der Waals surface area (Å²) in [7, 11) is 0. The molecule has 0 unspecified atom stereocenters. The molecule has 0 aliphatic rings. The summed E-state index contributed by atoms with van der Waals surface area (Å²) in [5.41, 5.74) is 6.36. The highest BCUT2D eigenvalue weighted by atomic mass is 79.9. The fourth-order valence-electron chi connectivity index (χ4n) is 2.77. The van der Waals surface area contributed by atoms with Gasteiger partial charge in [-0.25, -0.2) is 4.98 Å². The van der Waals surface area contributed by atoms with Crippen molar-refractivity contribution in [3.05, 3.63) is 59.1 Å². The predicted molar refractivity (Wildman–Crippen MR) is 111 cm³/mol. The van der Waals surface area contributed by atoms with Crippen molar-refractivity contribution in [2.24, 2.45) is 5.10 Å². The molecule has 25 heavy (non-hydrogen) atoms. The van der Waals surface area contributed by atoms with Gasteiger partial charge in [-0.1, -0.05) is 66.0 Å². The van der Waals surface area contributed by atoms with Crippen molar-refractivity contribution in [3.8, 4) is 11.1 Å². The Morgan fingerprint density at radius 2 is 1.92 bits per heavy atom. The van der Waals surface area contributed by atoms with Gasteiger partial charge in [-0.15, -0.1) is 0 Å². The molecule has 0 bridgehead atoms. The molecule has 1 N–H and O–H groups in total. The van der Waals surface area contributed by atoms with Crippen LogP contribution in [0.3, 0.4) is 0 Å². The summed E-state index contributed by atoms with van der Waals surface area (Å²) in [5, 5.41) is 5.45. The maximum Gasteiger partial charge on any atom is 0.147 e. The zero-order chi connectivity index (χ0) is 17.5. The van der Waals surface area contributed by atoms with E-state index in [2.05, 4.69) is 69.8 Å². The average Bonchev–Trinajstić information content (AvgIpc) is 2.65. The Hall–Kier alpha value is -2.20. The second kappa shape index (κ2) is 8.77. The number of halogens is 1. The summed E-state index contributed by atoms with van der Waals surface area (Å²) in [6.45, 7) is 2.21. The van der Waals surface area contributed by atoms with E-state index in [-0.39, 0.29) is 0 Å². The van der Waals surface area contributed by atoms with Crippen molar-refractivity contribution in [2.45, 2.75) is 32.6 Å². The van der Waals surface area contributed by atoms with Crippen LogP contribution in [0.15, 0.2) is 64.2 Å². The average molecular weight is 396 g/mol. The number of unbranched alkanes of at least 4 members (excludes halogenated alkanes) is 3. The van der Waals surface area contributed by atoms with Crippen molar-refractivity contribution < 1.29 is 0 Å². The summed E-state index contributed by atoms with van der Waals surface area (Å²) < 4.78 is 1.05. The lowest BCUT2D eigenvalue weighted by Gasteiger charge is -2.10. The number of nitrogens with zero attached hydrogens (tertiary/aromatic N) is 2. The third-order valence-corrected chi connectivity index (χ3v) is 4.56. The van der Waals surface area contributed by atoms with Gasteiger partial charge >= 0.3 is 0 Å². The van der Waals surface area contributed by atoms with Crippen LogP contribution < -0.4 is 5.43 Å². The number of hydrazone groups is 1. The van der Waals surface area contributed by atoms with Crippen molar-refractivity contribution >= 4 is 38.9 Å². The van der Waals surface area contributed by atoms with E-state index in [1.807, 2.05) is 24.4 Å². The van der Waals surface area contributed by atoms with Crippen LogP contribution in [0, 0.1) is 0 Å². The first-order valence-electron chi connectivity index (χ1n) is 8.71. The van der Waals surface area contributed by atoms with Crippen molar-refractivity contribution in [1.29, 1.82) is 0 Å². The van der Waals surface area contributed by atoms with Crippen molar-refractivity contribution in [2.75, 3.05) is 5.43 Å². The Labute approximate surface area is 157 Å². The number of hydrogen-bond acceptors (Lipinski definition) is 3. The maximum atomic E-state index is 4.69. The van der Waals surface area contributed by atoms with Crippen LogP contribution in [0.25, 0.3) is 22.0 Å². The molecule has 3 aromatic rings. The van der Waals surface area contributed by atoms with Crippen LogP contribution in [0.2, 0.25) is 0 Å². The largest absolute Gasteiger partial charge is 0.262 e. The molecular weight excluding hydrogens is 374 g/mol. The molecule has 128 valence electrons. The molecule has 0 fully saturated rings. The Kier molecular flexibility index (Phi) is 6.18. The molecule has 0 atom stereocenters. The van der Waals surface area contributed by atoms with Crippen LogP contribution in [0.4, 0.5) is 5.82 Å². The maximum absolute atomic E-state index is 4.69. The molecule has 4 heteroatoms. The number of rotatable bonds is 7. The first-order valence-corrected chi connectivity index (χ1v) is 9.50. The molecule has 0 saturated heterocycles. The summed E-state index contributed by atoms with van der Waals surface area (Å²) in [6, 6.07) is 18.6. The molecule has 1 heterocycles. The minimum Gasteiger partial charge on any atom is -0.262 e. The minimum atomic E-state index is 0.764. The van der Waals surface area contributed by atoms with Crippen molar-refractivity contribution in [1.82, 2.24) is 4.98 Å². The highest BCUT2D eigenvalue weighted by Crippen LogP contribution is 2.31. The standard InChI is InChI=1S/C21H22BrN3/c1-2-3-4-8-13-23-25-21-15-18(16-9-6-5-7-10-16)19-14-17(22)11-12-20(19)24-21/h5-7,9-15H,2-4,8H2,1H3,(H,24,25). The Morgan fingerprint density at radius 1 is 1.08 bits per heavy atom. The SMILES string of the molecule is CCCCCC=NNc1cc(-c2ccccc2)c2cc(Br)ccc2n1. The number of hydrogen-bond donors (Lipinski definition) is 1. The Morgan fingerprint density at radius 3 is 2.72 bits per heavy atom. The summed E-state index contributed by atoms with van der Waals surface area (Å²) >= 11 is 3.56. The van der Waals surface area contributed by atoms with Crippen LogP contribution in [-0.4, -0.2) is 11.2 Å². The lowest BCUT2D eigenvalue weighted by Crippen LogP contribution is -1.95. The molecule has 1 aromatic heterocycles. The van der Waals surface area contributed by atoms with Crippen LogP contribution in [-0.2, 0) is 0 Å². The van der Waals surface area contributed by atoms with Gasteiger partial charge in [-0.2, -0.15) is 5.10 Å². The molecule has 0 radical (unpaired) electrons. The first kappa shape index (κ1) is 17.6. The van der Waals surface area contributed by atoms with Crippen LogP contribution >= 0.6 is 15.9 Å². The van der Waals surface area contributed by atoms with Gasteiger partial charge in [0.05, 0.1) is 5.52 Å². The van der Waals surface area contributed by atoms with E-state index < -0.39 is 0 Å². The molecule has 0 amide bonds. The number of fused-ring (bicyclic) bond motifs is 1. The van der Waals surface area contributed by atoms with E-state index >= 15 is 0 Å². The Bertz CT molecular complexity index is 860. The second-order valence-corrected chi connectivity index (χ2v) is 6.92. The van der Waals surface area contributed by atoms with E-state index in [0.29, 0.717) is 0 Å². The van der Waals surface area contributed by atoms with E-state index in [4.69, 9.17) is 4.98 Å². The summed E-state index contributed by atoms with van der Waals surface area (Å²) in [5.74, 6) is 0.764. The van der Waals surface area contributed by atoms with E-state index in [9.17, 15) is 0 Å². The molecule has 0 aliphatic heterocycles. The topological polar surface area (TPSA) is 37.3 Å². The number of nitrogens with one attached hydrogen (secondary N) is 1. The quantitative estimate of drug-likeness (QED) is 0.276. The zero-order valence-corrected chi connectivity index (χ0v) is 16.0. The van der Waals surface area contributed by atoms with Gasteiger partial charge in [0.15, 0.2) is 0 Å². The van der Waals surface area contributed by atoms with Gasteiger partial charge in [-0.3, -0.25) is 5.43 Å². The number of pyridine rings is 1. The van der Waals surface area contributed by atoms with E-state index in [1.165, 1.54) is 24.8 Å². The van der Waals surface area contributed by atoms with E-state index in [1.54, 1.807) is 0 Å². The number of anilines is 1. The third kappa shape index (κ3) is 4.67. The number of aromatic nitrogens is 1. The highest BCUT2D eigenvalue weighted by Gasteiger charge is 2.08. The predicted octanol–water partition coefficient (Wildman–Crippen LogP) is 6.64.